The van der Waals surface area contributed by atoms with Gasteiger partial charge in [0.05, 0.1) is 25.0 Å². The average Bonchev–Trinajstić information content (AvgIpc) is 3.31. The normalized spacial score (nSPS) is 16.3. The van der Waals surface area contributed by atoms with E-state index >= 15 is 0 Å². The number of nitrogens with one attached hydrogen (secondary N) is 2. The zero-order chi connectivity index (χ0) is 21.3. The van der Waals surface area contributed by atoms with Crippen molar-refractivity contribution >= 4 is 34.3 Å². The van der Waals surface area contributed by atoms with Crippen molar-refractivity contribution in [1.29, 1.82) is 0 Å². The van der Waals surface area contributed by atoms with Crippen LogP contribution in [0.15, 0.2) is 30.6 Å². The summed E-state index contributed by atoms with van der Waals surface area (Å²) in [7, 11) is 0. The number of rotatable bonds is 7. The number of carbonyl (C=O) groups excluding carboxylic acids is 2. The number of nitrogens with zero attached hydrogens (tertiary/aromatic N) is 4. The van der Waals surface area contributed by atoms with Crippen LogP contribution in [0.2, 0.25) is 5.02 Å². The van der Waals surface area contributed by atoms with Crippen molar-refractivity contribution in [3.8, 4) is 0 Å². The summed E-state index contributed by atoms with van der Waals surface area (Å²) in [6.45, 7) is 4.98. The quantitative estimate of drug-likeness (QED) is 0.604. The van der Waals surface area contributed by atoms with Gasteiger partial charge in [0.15, 0.2) is 0 Å². The monoisotopic (exact) mass is 428 g/mol. The Hall–Kier alpha value is -2.87. The van der Waals surface area contributed by atoms with E-state index in [2.05, 4.69) is 34.5 Å². The zero-order valence-electron chi connectivity index (χ0n) is 17.1. The number of H-pyrrole nitrogens is 1. The molecule has 30 heavy (non-hydrogen) atoms. The summed E-state index contributed by atoms with van der Waals surface area (Å²) in [5.41, 5.74) is 2.96. The van der Waals surface area contributed by atoms with Gasteiger partial charge in [0.2, 0.25) is 11.8 Å². The van der Waals surface area contributed by atoms with Gasteiger partial charge in [0.25, 0.3) is 0 Å². The maximum absolute atomic E-state index is 12.9. The molecule has 1 atom stereocenters. The van der Waals surface area contributed by atoms with E-state index in [0.29, 0.717) is 36.9 Å². The minimum absolute atomic E-state index is 0.0261. The molecule has 3 heterocycles. The van der Waals surface area contributed by atoms with Crippen LogP contribution in [0.5, 0.6) is 0 Å². The van der Waals surface area contributed by atoms with Gasteiger partial charge in [-0.2, -0.15) is 0 Å². The lowest BCUT2D eigenvalue weighted by Crippen LogP contribution is -2.47. The Morgan fingerprint density at radius 3 is 3.03 bits per heavy atom. The van der Waals surface area contributed by atoms with Crippen LogP contribution in [0.3, 0.4) is 0 Å². The summed E-state index contributed by atoms with van der Waals surface area (Å²) >= 11 is 6.09. The lowest BCUT2D eigenvalue weighted by Gasteiger charge is -2.33. The number of halogens is 1. The van der Waals surface area contributed by atoms with Crippen LogP contribution in [0.1, 0.15) is 37.6 Å². The lowest BCUT2D eigenvalue weighted by atomic mass is 10.0. The molecule has 1 aromatic carbocycles. The topological polar surface area (TPSA) is 95.9 Å². The van der Waals surface area contributed by atoms with Gasteiger partial charge in [0.1, 0.15) is 6.04 Å². The van der Waals surface area contributed by atoms with Crippen molar-refractivity contribution in [3.63, 3.8) is 0 Å². The van der Waals surface area contributed by atoms with Gasteiger partial charge in [-0.3, -0.25) is 9.59 Å². The maximum atomic E-state index is 12.9. The molecule has 0 fully saturated rings. The molecule has 0 unspecified atom stereocenters. The Balaban J connectivity index is 1.35. The van der Waals surface area contributed by atoms with Gasteiger partial charge in [-0.15, -0.1) is 5.10 Å². The van der Waals surface area contributed by atoms with Crippen LogP contribution in [0.25, 0.3) is 10.9 Å². The van der Waals surface area contributed by atoms with Gasteiger partial charge < -0.3 is 15.2 Å². The molecule has 9 heteroatoms. The molecule has 3 aromatic rings. The highest BCUT2D eigenvalue weighted by atomic mass is 35.5. The molecule has 1 aliphatic heterocycles. The van der Waals surface area contributed by atoms with Crippen LogP contribution < -0.4 is 5.32 Å². The Kier molecular flexibility index (Phi) is 5.76. The highest BCUT2D eigenvalue weighted by Crippen LogP contribution is 2.26. The fourth-order valence-electron chi connectivity index (χ4n) is 3.93. The molecule has 0 saturated heterocycles. The standard InChI is InChI=1S/C21H25ClN6O2/c1-13(2)7-19-21(30)27(11-16-10-25-26-28(16)19)12-20(29)23-6-5-14-9-24-18-4-3-15(22)8-17(14)18/h3-4,8-10,13,19,24H,5-7,11-12H2,1-2H3,(H,23,29)/t19-/m0/s1. The predicted molar refractivity (Wildman–Crippen MR) is 114 cm³/mol. The molecule has 2 amide bonds. The number of amides is 2. The van der Waals surface area contributed by atoms with E-state index < -0.39 is 6.04 Å². The van der Waals surface area contributed by atoms with Crippen molar-refractivity contribution in [2.75, 3.05) is 13.1 Å². The molecule has 4 rings (SSSR count). The van der Waals surface area contributed by atoms with Crippen molar-refractivity contribution in [2.45, 2.75) is 39.3 Å². The lowest BCUT2D eigenvalue weighted by molar-refractivity contribution is -0.142. The molecule has 0 spiro atoms. The number of fused-ring (bicyclic) bond motifs is 2. The van der Waals surface area contributed by atoms with E-state index in [4.69, 9.17) is 11.6 Å². The maximum Gasteiger partial charge on any atom is 0.248 e. The molecule has 2 aromatic heterocycles. The first-order valence-electron chi connectivity index (χ1n) is 10.1. The van der Waals surface area contributed by atoms with Gasteiger partial charge >= 0.3 is 0 Å². The first kappa shape index (κ1) is 20.4. The van der Waals surface area contributed by atoms with Gasteiger partial charge in [0, 0.05) is 28.7 Å². The molecule has 1 aliphatic rings. The molecular formula is C21H25ClN6O2. The summed E-state index contributed by atoms with van der Waals surface area (Å²) < 4.78 is 1.69. The number of aromatic nitrogens is 4. The van der Waals surface area contributed by atoms with E-state index in [1.165, 1.54) is 0 Å². The first-order valence-corrected chi connectivity index (χ1v) is 10.5. The fourth-order valence-corrected chi connectivity index (χ4v) is 4.11. The number of hydrogen-bond donors (Lipinski definition) is 2. The summed E-state index contributed by atoms with van der Waals surface area (Å²) in [4.78, 5) is 30.3. The largest absolute Gasteiger partial charge is 0.361 e. The Morgan fingerprint density at radius 1 is 1.40 bits per heavy atom. The van der Waals surface area contributed by atoms with Crippen LogP contribution in [0, 0.1) is 5.92 Å². The van der Waals surface area contributed by atoms with Crippen LogP contribution in [-0.2, 0) is 22.6 Å². The molecule has 2 N–H and O–H groups in total. The number of benzene rings is 1. The number of aromatic amines is 1. The summed E-state index contributed by atoms with van der Waals surface area (Å²) in [6.07, 6.45) is 4.93. The van der Waals surface area contributed by atoms with Crippen molar-refractivity contribution < 1.29 is 9.59 Å². The van der Waals surface area contributed by atoms with E-state index in [9.17, 15) is 9.59 Å². The van der Waals surface area contributed by atoms with Crippen molar-refractivity contribution in [1.82, 2.24) is 30.2 Å². The Morgan fingerprint density at radius 2 is 2.23 bits per heavy atom. The summed E-state index contributed by atoms with van der Waals surface area (Å²) in [5, 5.41) is 12.7. The molecular weight excluding hydrogens is 404 g/mol. The Labute approximate surface area is 179 Å². The number of hydrogen-bond acceptors (Lipinski definition) is 4. The van der Waals surface area contributed by atoms with Crippen LogP contribution in [0.4, 0.5) is 0 Å². The molecule has 0 radical (unpaired) electrons. The molecule has 0 aliphatic carbocycles. The van der Waals surface area contributed by atoms with E-state index in [0.717, 1.165) is 22.2 Å². The van der Waals surface area contributed by atoms with Gasteiger partial charge in [-0.05, 0) is 42.5 Å². The molecule has 0 bridgehead atoms. The van der Waals surface area contributed by atoms with Gasteiger partial charge in [-0.1, -0.05) is 30.7 Å². The highest BCUT2D eigenvalue weighted by Gasteiger charge is 2.35. The summed E-state index contributed by atoms with van der Waals surface area (Å²) in [6, 6.07) is 5.30. The number of carbonyl (C=O) groups is 2. The van der Waals surface area contributed by atoms with E-state index in [-0.39, 0.29) is 18.4 Å². The van der Waals surface area contributed by atoms with E-state index in [1.807, 2.05) is 24.4 Å². The minimum Gasteiger partial charge on any atom is -0.361 e. The molecule has 8 nitrogen and oxygen atoms in total. The smallest absolute Gasteiger partial charge is 0.248 e. The highest BCUT2D eigenvalue weighted by molar-refractivity contribution is 6.31. The molecule has 158 valence electrons. The third-order valence-electron chi connectivity index (χ3n) is 5.37. The van der Waals surface area contributed by atoms with Crippen LogP contribution in [-0.4, -0.2) is 49.8 Å². The zero-order valence-corrected chi connectivity index (χ0v) is 17.8. The second-order valence-corrected chi connectivity index (χ2v) is 8.55. The fraction of sp³-hybridized carbons (Fsp3) is 0.429. The minimum atomic E-state index is -0.403. The van der Waals surface area contributed by atoms with Gasteiger partial charge in [-0.25, -0.2) is 4.68 Å². The average molecular weight is 429 g/mol. The van der Waals surface area contributed by atoms with E-state index in [1.54, 1.807) is 15.8 Å². The SMILES string of the molecule is CC(C)C[C@H]1C(=O)N(CC(=O)NCCc2c[nH]c3ccc(Cl)cc23)Cc2cnnn21. The summed E-state index contributed by atoms with van der Waals surface area (Å²) in [5.74, 6) is 0.0722. The third-order valence-corrected chi connectivity index (χ3v) is 5.60. The van der Waals surface area contributed by atoms with Crippen LogP contribution >= 0.6 is 11.6 Å². The second-order valence-electron chi connectivity index (χ2n) is 8.11. The first-order chi connectivity index (χ1) is 14.4. The Bertz CT molecular complexity index is 1070. The molecule has 0 saturated carbocycles. The van der Waals surface area contributed by atoms with Crippen molar-refractivity contribution in [2.24, 2.45) is 5.92 Å². The predicted octanol–water partition coefficient (Wildman–Crippen LogP) is 2.70. The second kappa shape index (κ2) is 8.47. The van der Waals surface area contributed by atoms with Crippen molar-refractivity contribution in [3.05, 3.63) is 46.9 Å². The third kappa shape index (κ3) is 4.18.